The van der Waals surface area contributed by atoms with Gasteiger partial charge in [0.15, 0.2) is 35.8 Å². The van der Waals surface area contributed by atoms with Gasteiger partial charge in [-0.15, -0.1) is 6.58 Å². The number of carbonyl (C=O) groups excluding carboxylic acids is 7. The molecule has 2 aromatic rings. The summed E-state index contributed by atoms with van der Waals surface area (Å²) in [6.07, 6.45) is -12.8. The average molecular weight is 964 g/mol. The Labute approximate surface area is 397 Å². The summed E-state index contributed by atoms with van der Waals surface area (Å²) in [4.78, 5) is 99.7. The number of fused-ring (bicyclic) bond motifs is 4. The maximum Gasteiger partial charge on any atom is 0.509 e. The van der Waals surface area contributed by atoms with Crippen molar-refractivity contribution in [3.63, 3.8) is 0 Å². The highest BCUT2D eigenvalue weighted by Crippen LogP contribution is 2.67. The lowest BCUT2D eigenvalue weighted by atomic mass is 9.44. The Bertz CT molecular complexity index is 2390. The molecule has 1 amide bonds. The minimum Gasteiger partial charge on any atom is -0.454 e. The second kappa shape index (κ2) is 18.6. The molecule has 2 N–H and O–H groups in total. The molecule has 18 nitrogen and oxygen atoms in total. The Morgan fingerprint density at radius 1 is 1.00 bits per heavy atom. The number of amides is 1. The van der Waals surface area contributed by atoms with Crippen molar-refractivity contribution in [1.29, 1.82) is 0 Å². The van der Waals surface area contributed by atoms with E-state index in [1.807, 2.05) is 0 Å². The molecule has 68 heavy (non-hydrogen) atoms. The van der Waals surface area contributed by atoms with Gasteiger partial charge in [0.2, 0.25) is 5.60 Å². The van der Waals surface area contributed by atoms with E-state index in [9.17, 15) is 33.9 Å². The van der Waals surface area contributed by atoms with Crippen molar-refractivity contribution in [3.8, 4) is 0 Å². The second-order valence-electron chi connectivity index (χ2n) is 18.8. The molecule has 1 spiro atoms. The number of carbonyl (C=O) groups is 7. The quantitative estimate of drug-likeness (QED) is 0.138. The molecule has 0 unspecified atom stereocenters. The first-order valence-corrected chi connectivity index (χ1v) is 23.2. The Morgan fingerprint density at radius 2 is 1.65 bits per heavy atom. The van der Waals surface area contributed by atoms with Crippen molar-refractivity contribution in [2.24, 2.45) is 16.7 Å². The lowest BCUT2D eigenvalue weighted by Crippen LogP contribution is -2.83. The molecule has 3 aliphatic carbocycles. The molecule has 2 saturated carbocycles. The van der Waals surface area contributed by atoms with E-state index in [4.69, 9.17) is 42.6 Å². The molecule has 7 rings (SSSR count). The molecule has 19 heteroatoms. The number of thioether (sulfide) groups is 1. The van der Waals surface area contributed by atoms with Crippen molar-refractivity contribution in [2.75, 3.05) is 19.5 Å². The molecule has 5 aliphatic rings. The zero-order chi connectivity index (χ0) is 49.7. The van der Waals surface area contributed by atoms with Crippen LogP contribution < -0.4 is 5.32 Å². The molecule has 2 saturated heterocycles. The number of esters is 3. The first kappa shape index (κ1) is 50.1. The molecule has 2 heterocycles. The monoisotopic (exact) mass is 963 g/mol. The summed E-state index contributed by atoms with van der Waals surface area (Å²) in [7, 11) is 1.25. The van der Waals surface area contributed by atoms with Crippen LogP contribution in [0.15, 0.2) is 84.5 Å². The number of hydrogen-bond acceptors (Lipinski definition) is 18. The van der Waals surface area contributed by atoms with Gasteiger partial charge < -0.3 is 53.1 Å². The molecule has 4 fully saturated rings. The van der Waals surface area contributed by atoms with E-state index in [2.05, 4.69) is 11.9 Å². The number of alkyl carbamates (subject to hydrolysis) is 1. The van der Waals surface area contributed by atoms with E-state index in [0.717, 1.165) is 18.7 Å². The summed E-state index contributed by atoms with van der Waals surface area (Å²) in [6, 6.07) is 14.4. The van der Waals surface area contributed by atoms with Crippen molar-refractivity contribution < 1.29 is 81.3 Å². The molecular formula is C49H57NO17S. The molecule has 0 radical (unpaired) electrons. The lowest BCUT2D eigenvalue weighted by Gasteiger charge is -2.67. The zero-order valence-electron chi connectivity index (χ0n) is 39.3. The summed E-state index contributed by atoms with van der Waals surface area (Å²) in [5, 5.41) is 13.7. The van der Waals surface area contributed by atoms with Crippen LogP contribution in [0.1, 0.15) is 83.8 Å². The van der Waals surface area contributed by atoms with Crippen molar-refractivity contribution in [1.82, 2.24) is 5.32 Å². The van der Waals surface area contributed by atoms with Crippen LogP contribution in [0.4, 0.5) is 14.4 Å². The zero-order valence-corrected chi connectivity index (χ0v) is 40.1. The highest BCUT2D eigenvalue weighted by Gasteiger charge is 2.84. The SMILES string of the molecule is C=C[C@@]1(C)C2=C(C)[C@@H](OC(=O)[C@H](O)[C@@H](NC(=O)OC(C)(C)C)c3ccccc3)[C@@H]3OC(=O)O[C@@]31[C@@H](OC(=O)c1ccccc1)[C@@H]1[C@]3(OC(C)=O)CO[C@@H]3C[C@H](OC(=O)SCC)[C@@]1(C)C(=O)[C@@H]2OC. The molecule has 2 bridgehead atoms. The minimum atomic E-state index is -2.42. The van der Waals surface area contributed by atoms with Crippen LogP contribution in [0.25, 0.3) is 0 Å². The van der Waals surface area contributed by atoms with Crippen LogP contribution in [0, 0.1) is 16.7 Å². The number of ether oxygens (including phenoxy) is 9. The predicted molar refractivity (Wildman–Crippen MR) is 240 cm³/mol. The topological polar surface area (TPSA) is 235 Å². The first-order chi connectivity index (χ1) is 32.0. The van der Waals surface area contributed by atoms with Gasteiger partial charge in [0, 0.05) is 26.2 Å². The number of hydrogen-bond donors (Lipinski definition) is 2. The number of rotatable bonds is 12. The first-order valence-electron chi connectivity index (χ1n) is 22.2. The van der Waals surface area contributed by atoms with E-state index in [0.29, 0.717) is 5.75 Å². The summed E-state index contributed by atoms with van der Waals surface area (Å²) in [5.74, 6) is -5.17. The third-order valence-electron chi connectivity index (χ3n) is 13.8. The highest BCUT2D eigenvalue weighted by molar-refractivity contribution is 8.13. The fraction of sp³-hybridized carbons (Fsp3) is 0.531. The van der Waals surface area contributed by atoms with E-state index in [-0.39, 0.29) is 35.3 Å². The molecular weight excluding hydrogens is 907 g/mol. The van der Waals surface area contributed by atoms with Crippen molar-refractivity contribution in [3.05, 3.63) is 95.6 Å². The van der Waals surface area contributed by atoms with Gasteiger partial charge in [0.25, 0.3) is 0 Å². The maximum atomic E-state index is 16.1. The molecule has 13 atom stereocenters. The van der Waals surface area contributed by atoms with Gasteiger partial charge in [-0.1, -0.05) is 61.5 Å². The predicted octanol–water partition coefficient (Wildman–Crippen LogP) is 6.13. The Morgan fingerprint density at radius 3 is 2.21 bits per heavy atom. The van der Waals surface area contributed by atoms with E-state index in [1.54, 1.807) is 83.1 Å². The fourth-order valence-electron chi connectivity index (χ4n) is 10.9. The number of nitrogens with one attached hydrogen (secondary N) is 1. The number of benzene rings is 2. The summed E-state index contributed by atoms with van der Waals surface area (Å²) in [6.45, 7) is 16.1. The number of aliphatic hydroxyl groups excluding tert-OH is 1. The molecule has 0 aromatic heterocycles. The van der Waals surface area contributed by atoms with E-state index in [1.165, 1.54) is 39.2 Å². The smallest absolute Gasteiger partial charge is 0.454 e. The van der Waals surface area contributed by atoms with Gasteiger partial charge >= 0.3 is 35.5 Å². The molecule has 2 aliphatic heterocycles. The van der Waals surface area contributed by atoms with Crippen LogP contribution in [-0.2, 0) is 57.0 Å². The summed E-state index contributed by atoms with van der Waals surface area (Å²) < 4.78 is 55.5. The van der Waals surface area contributed by atoms with Gasteiger partial charge in [0.1, 0.15) is 23.9 Å². The van der Waals surface area contributed by atoms with Gasteiger partial charge in [-0.05, 0) is 82.1 Å². The Balaban J connectivity index is 1.49. The normalized spacial score (nSPS) is 33.4. The van der Waals surface area contributed by atoms with E-state index < -0.39 is 124 Å². The van der Waals surface area contributed by atoms with Crippen LogP contribution in [0.3, 0.4) is 0 Å². The number of ketones is 1. The third kappa shape index (κ3) is 8.23. The van der Waals surface area contributed by atoms with Gasteiger partial charge in [-0.25, -0.2) is 24.0 Å². The van der Waals surface area contributed by atoms with Crippen molar-refractivity contribution >= 4 is 53.0 Å². The molecule has 2 aromatic carbocycles. The maximum absolute atomic E-state index is 16.1. The number of aliphatic hydroxyl groups is 1. The number of methoxy groups -OCH3 is 1. The van der Waals surface area contributed by atoms with Crippen LogP contribution in [0.5, 0.6) is 0 Å². The second-order valence-corrected chi connectivity index (χ2v) is 20.0. The largest absolute Gasteiger partial charge is 0.509 e. The standard InChI is InChI=1S/C49H57NO17S/c1-11-46(8)31-25(3)34(62-41(55)33(52)32(27-19-15-13-16-20-27)50-42(56)66-45(5,6)7)38-49(46,67-43(57)64-38)39(63-40(54)28-21-17-14-18-22-28)36-47(9,37(53)35(31)59-10)29(61-44(58)68-12-2)23-30-48(36,24-60-30)65-26(4)51/h11,13-22,29-30,32-36,38-39,52H,1,12,23-24H2,2-10H3,(H,50,56)/t29-,30+,32-,33+,34+,35+,36-,38-,39-,46-,47+,48-,49+/m0/s1. The summed E-state index contributed by atoms with van der Waals surface area (Å²) in [5.41, 5.74) is -8.68. The van der Waals surface area contributed by atoms with Gasteiger partial charge in [-0.3, -0.25) is 9.59 Å². The van der Waals surface area contributed by atoms with Gasteiger partial charge in [0.05, 0.1) is 35.0 Å². The van der Waals surface area contributed by atoms with Crippen molar-refractivity contribution in [2.45, 2.75) is 127 Å². The Hall–Kier alpha value is -5.76. The average Bonchev–Trinajstić information content (AvgIpc) is 3.65. The van der Waals surface area contributed by atoms with Crippen LogP contribution in [0.2, 0.25) is 0 Å². The van der Waals surface area contributed by atoms with Crippen LogP contribution in [-0.4, -0.2) is 125 Å². The number of Topliss-reactive ketones (excluding diaryl/α,β-unsaturated/α-hetero) is 1. The Kier molecular flexibility index (Phi) is 13.7. The fourth-order valence-corrected chi connectivity index (χ4v) is 11.3. The third-order valence-corrected chi connectivity index (χ3v) is 14.5. The molecule has 366 valence electrons. The van der Waals surface area contributed by atoms with E-state index >= 15 is 4.79 Å². The van der Waals surface area contributed by atoms with Crippen LogP contribution >= 0.6 is 11.8 Å². The lowest BCUT2D eigenvalue weighted by molar-refractivity contribution is -0.344. The summed E-state index contributed by atoms with van der Waals surface area (Å²) >= 11 is 0.841. The highest BCUT2D eigenvalue weighted by atomic mass is 32.2. The van der Waals surface area contributed by atoms with Gasteiger partial charge in [-0.2, -0.15) is 0 Å². The minimum absolute atomic E-state index is 0.0234.